The number of hydrogen-bond donors (Lipinski definition) is 0. The average molecular weight is 1010 g/mol. The second-order valence-electron chi connectivity index (χ2n) is 28.2. The maximum atomic E-state index is 16.9. The molecule has 29 aromatic carbocycles. The number of methoxy groups -OCH3 is 2. The first-order chi connectivity index (χ1) is 40.1. The predicted molar refractivity (Wildman–Crippen MR) is 331 cm³/mol. The van der Waals surface area contributed by atoms with Gasteiger partial charge in [-0.05, 0) is 332 Å². The summed E-state index contributed by atoms with van der Waals surface area (Å²) in [6, 6.07) is 8.22. The SMILES string of the molecule is COC(=O)C1=C(C(=O)OC)C23c4c5c6c7c8c9c(c%10c%11c2c2c4c4c%12c5c5c6c6c8c8c%13c9c9c%10c%10c%11c%11c2c2c4c4c%12c%12c5c5c6c8c6c8c%13c9c9c%10c%10c%11c2c2c4c4c%12c5c6c5c8c9c%10c2c45)C73C2C=C(C)c3ccccc3N12. The molecule has 2 spiro atoms. The Kier molecular flexibility index (Phi) is 2.98. The number of para-hydroxylation sites is 1. The zero-order valence-electron chi connectivity index (χ0n) is 42.0. The third kappa shape index (κ3) is 1.81. The van der Waals surface area contributed by atoms with Crippen molar-refractivity contribution in [3.8, 4) is 0 Å². The molecule has 348 valence electrons. The molecular formula is C76H15NO4. The summed E-state index contributed by atoms with van der Waals surface area (Å²) in [7, 11) is 3.09. The van der Waals surface area contributed by atoms with Crippen LogP contribution in [0.1, 0.15) is 34.7 Å². The molecule has 0 N–H and O–H groups in total. The number of allylic oxidation sites excluding steroid dienone is 1. The molecule has 0 radical (unpaired) electrons. The first-order valence-electron chi connectivity index (χ1n) is 29.3. The Balaban J connectivity index is 1.10. The topological polar surface area (TPSA) is 55.8 Å². The van der Waals surface area contributed by atoms with Crippen molar-refractivity contribution in [1.29, 1.82) is 0 Å². The van der Waals surface area contributed by atoms with Crippen LogP contribution in [0.25, 0.3) is 296 Å². The highest BCUT2D eigenvalue weighted by atomic mass is 16.5. The summed E-state index contributed by atoms with van der Waals surface area (Å²) in [5, 5.41) is 80.7. The van der Waals surface area contributed by atoms with Gasteiger partial charge in [-0.25, -0.2) is 9.59 Å². The lowest BCUT2D eigenvalue weighted by molar-refractivity contribution is -0.140. The molecule has 6 aliphatic rings. The normalized spacial score (nSPS) is 22.6. The van der Waals surface area contributed by atoms with Crippen molar-refractivity contribution in [1.82, 2.24) is 0 Å². The largest absolute Gasteiger partial charge is 0.466 e. The fraction of sp³-hybridized carbons (Fsp3) is 0.0789. The van der Waals surface area contributed by atoms with Gasteiger partial charge in [-0.1, -0.05) is 24.3 Å². The average Bonchev–Trinajstić information content (AvgIpc) is 1.41. The molecule has 2 aliphatic heterocycles. The van der Waals surface area contributed by atoms with Crippen LogP contribution in [0.15, 0.2) is 41.6 Å². The van der Waals surface area contributed by atoms with Crippen LogP contribution in [0.3, 0.4) is 0 Å². The summed E-state index contributed by atoms with van der Waals surface area (Å²) < 4.78 is 12.7. The first-order valence-corrected chi connectivity index (χ1v) is 29.3. The number of carbonyl (C=O) groups is 2. The summed E-state index contributed by atoms with van der Waals surface area (Å²) in [6.45, 7) is 2.31. The molecule has 0 aromatic heterocycles. The van der Waals surface area contributed by atoms with Crippen molar-refractivity contribution >= 4 is 314 Å². The maximum Gasteiger partial charge on any atom is 0.355 e. The molecule has 81 heavy (non-hydrogen) atoms. The molecule has 0 bridgehead atoms. The lowest BCUT2D eigenvalue weighted by atomic mass is 9.42. The monoisotopic (exact) mass is 1010 g/mol. The van der Waals surface area contributed by atoms with Gasteiger partial charge in [0, 0.05) is 11.3 Å². The van der Waals surface area contributed by atoms with E-state index in [0.717, 1.165) is 11.3 Å². The Hall–Kier alpha value is -10.1. The lowest BCUT2D eigenvalue weighted by Gasteiger charge is -2.63. The van der Waals surface area contributed by atoms with Gasteiger partial charge in [-0.3, -0.25) is 0 Å². The Morgan fingerprint density at radius 2 is 0.593 bits per heavy atom. The Morgan fingerprint density at radius 3 is 0.864 bits per heavy atom. The minimum Gasteiger partial charge on any atom is -0.466 e. The Labute approximate surface area is 443 Å². The molecule has 0 saturated carbocycles. The number of anilines is 1. The number of benzene rings is 19. The molecule has 4 aliphatic carbocycles. The molecule has 29 aromatic rings. The van der Waals surface area contributed by atoms with Gasteiger partial charge in [0.15, 0.2) is 0 Å². The molecule has 1 atom stereocenters. The van der Waals surface area contributed by atoms with Crippen LogP contribution in [-0.4, -0.2) is 32.2 Å². The summed E-state index contributed by atoms with van der Waals surface area (Å²) in [4.78, 5) is 35.3. The minimum atomic E-state index is -1.21. The van der Waals surface area contributed by atoms with Gasteiger partial charge < -0.3 is 14.4 Å². The van der Waals surface area contributed by atoms with Crippen LogP contribution >= 0.6 is 0 Å². The fourth-order valence-electron chi connectivity index (χ4n) is 27.4. The molecule has 35 rings (SSSR count). The number of hydrogen-bond acceptors (Lipinski definition) is 5. The van der Waals surface area contributed by atoms with Crippen LogP contribution in [-0.2, 0) is 29.9 Å². The highest BCUT2D eigenvalue weighted by Gasteiger charge is 2.77. The summed E-state index contributed by atoms with van der Waals surface area (Å²) in [5.41, 5.74) is 7.24. The molecule has 0 amide bonds. The zero-order valence-corrected chi connectivity index (χ0v) is 42.0. The smallest absolute Gasteiger partial charge is 0.355 e. The highest BCUT2D eigenvalue weighted by Crippen LogP contribution is 2.87. The van der Waals surface area contributed by atoms with Gasteiger partial charge in [0.1, 0.15) is 5.70 Å². The first kappa shape index (κ1) is 32.1. The standard InChI is InChI=1S/C76H15NO4/c1-9-8-12-75-67-59-51-41-31-23-15-13-14-17-21-19(15)27-35-29(21)39-33-25(17)26-18(14)22-20-16(13)24(23)32-38-28(20)36-30(22)40-34(26)44-43(33)53-47(39)57-49(35)55(45(51)37(27)31)61(67)63(57)69-65(53)66-54(44)48(40)58-50(36)56-46(38)52(42(32)41)60(59)68(75)62(56)64(58)70(66)76(69,75)71(73(78)80-2)72(74(79)81-3)77(12)11-7-5-4-6-10(9)11/h4-8,12H,1-3H3. The van der Waals surface area contributed by atoms with E-state index in [2.05, 4.69) is 42.2 Å². The fourth-order valence-corrected chi connectivity index (χ4v) is 27.4. The van der Waals surface area contributed by atoms with E-state index in [0.29, 0.717) is 11.3 Å². The van der Waals surface area contributed by atoms with Gasteiger partial charge in [0.05, 0.1) is 36.7 Å². The van der Waals surface area contributed by atoms with Crippen LogP contribution in [0.5, 0.6) is 0 Å². The van der Waals surface area contributed by atoms with Gasteiger partial charge >= 0.3 is 11.9 Å². The number of esters is 2. The van der Waals surface area contributed by atoms with Crippen molar-refractivity contribution in [2.75, 3.05) is 19.1 Å². The third-order valence-corrected chi connectivity index (χ3v) is 27.7. The minimum absolute atomic E-state index is 0.327. The summed E-state index contributed by atoms with van der Waals surface area (Å²) in [5.74, 6) is -0.926. The van der Waals surface area contributed by atoms with Gasteiger partial charge in [0.2, 0.25) is 0 Å². The van der Waals surface area contributed by atoms with E-state index in [1.807, 2.05) is 0 Å². The number of fused-ring (bicyclic) bond motifs is 3. The van der Waals surface area contributed by atoms with Gasteiger partial charge in [-0.15, -0.1) is 0 Å². The quantitative estimate of drug-likeness (QED) is 0.128. The number of rotatable bonds is 2. The van der Waals surface area contributed by atoms with Crippen molar-refractivity contribution in [2.24, 2.45) is 0 Å². The van der Waals surface area contributed by atoms with E-state index in [1.165, 1.54) is 261 Å². The van der Waals surface area contributed by atoms with Crippen molar-refractivity contribution in [3.63, 3.8) is 0 Å². The number of nitrogens with zero attached hydrogens (tertiary/aromatic N) is 1. The molecular weight excluding hydrogens is 991 g/mol. The molecule has 5 nitrogen and oxygen atoms in total. The number of ether oxygens (including phenoxy) is 2. The predicted octanol–water partition coefficient (Wildman–Crippen LogP) is 18.2. The van der Waals surface area contributed by atoms with Crippen LogP contribution in [0.4, 0.5) is 5.69 Å². The zero-order chi connectivity index (χ0) is 49.6. The van der Waals surface area contributed by atoms with E-state index in [9.17, 15) is 0 Å². The molecule has 0 fully saturated rings. The molecule has 5 heteroatoms. The third-order valence-electron chi connectivity index (χ3n) is 27.7. The Morgan fingerprint density at radius 1 is 0.346 bits per heavy atom. The van der Waals surface area contributed by atoms with E-state index in [1.54, 1.807) is 71.7 Å². The van der Waals surface area contributed by atoms with Crippen molar-refractivity contribution in [3.05, 3.63) is 69.4 Å². The lowest BCUT2D eigenvalue weighted by Crippen LogP contribution is -2.69. The summed E-state index contributed by atoms with van der Waals surface area (Å²) >= 11 is 0. The van der Waals surface area contributed by atoms with Gasteiger partial charge in [-0.2, -0.15) is 0 Å². The van der Waals surface area contributed by atoms with Gasteiger partial charge in [0.25, 0.3) is 0 Å². The van der Waals surface area contributed by atoms with Crippen LogP contribution < -0.4 is 4.90 Å². The van der Waals surface area contributed by atoms with Crippen molar-refractivity contribution in [2.45, 2.75) is 23.8 Å². The second kappa shape index (κ2) is 7.53. The highest BCUT2D eigenvalue weighted by molar-refractivity contribution is 6.82. The molecule has 2 heterocycles. The van der Waals surface area contributed by atoms with Crippen LogP contribution in [0, 0.1) is 0 Å². The van der Waals surface area contributed by atoms with E-state index in [4.69, 9.17) is 9.47 Å². The second-order valence-corrected chi connectivity index (χ2v) is 28.2. The van der Waals surface area contributed by atoms with E-state index >= 15 is 9.59 Å². The van der Waals surface area contributed by atoms with Crippen molar-refractivity contribution < 1.29 is 19.1 Å². The Bertz CT molecular complexity index is 7910. The van der Waals surface area contributed by atoms with E-state index < -0.39 is 28.8 Å². The number of carbonyl (C=O) groups excluding carboxylic acids is 2. The molecule has 1 unspecified atom stereocenters. The van der Waals surface area contributed by atoms with Crippen LogP contribution in [0.2, 0.25) is 0 Å². The summed E-state index contributed by atoms with van der Waals surface area (Å²) in [6.07, 6.45) is 2.58. The van der Waals surface area contributed by atoms with E-state index in [-0.39, 0.29) is 0 Å². The molecule has 0 saturated heterocycles. The maximum absolute atomic E-state index is 16.9.